The minimum atomic E-state index is -0.0523. The third kappa shape index (κ3) is 5.42. The van der Waals surface area contributed by atoms with Crippen molar-refractivity contribution in [1.82, 2.24) is 0 Å². The molecule has 0 aromatic heterocycles. The van der Waals surface area contributed by atoms with Gasteiger partial charge in [0, 0.05) is 0 Å². The highest BCUT2D eigenvalue weighted by Crippen LogP contribution is 2.15. The van der Waals surface area contributed by atoms with Crippen molar-refractivity contribution in [1.29, 1.82) is 0 Å². The second kappa shape index (κ2) is 5.76. The maximum Gasteiger partial charge on any atom is 0.0723 e. The van der Waals surface area contributed by atoms with Crippen LogP contribution in [-0.4, -0.2) is 12.2 Å². The maximum atomic E-state index is 5.70. The largest absolute Gasteiger partial charge is 0.371 e. The molecule has 0 bridgehead atoms. The third-order valence-electron chi connectivity index (χ3n) is 2.08. The molecule has 0 aromatic carbocycles. The summed E-state index contributed by atoms with van der Waals surface area (Å²) in [5, 5.41) is 0. The number of ether oxygens (including phenoxy) is 1. The van der Waals surface area contributed by atoms with Crippen LogP contribution in [0.3, 0.4) is 0 Å². The highest BCUT2D eigenvalue weighted by atomic mass is 16.5. The summed E-state index contributed by atoms with van der Waals surface area (Å²) in [7, 11) is 0. The highest BCUT2D eigenvalue weighted by Gasteiger charge is 2.14. The monoisotopic (exact) mass is 180 g/mol. The fourth-order valence-corrected chi connectivity index (χ4v) is 0.707. The summed E-state index contributed by atoms with van der Waals surface area (Å²) in [5.41, 5.74) is 1.01. The second-order valence-corrected chi connectivity index (χ2v) is 3.58. The summed E-state index contributed by atoms with van der Waals surface area (Å²) in [4.78, 5) is 0. The van der Waals surface area contributed by atoms with Crippen LogP contribution in [0, 0.1) is 0 Å². The van der Waals surface area contributed by atoms with Crippen LogP contribution in [0.5, 0.6) is 0 Å². The molecular weight excluding hydrogens is 160 g/mol. The predicted molar refractivity (Wildman–Crippen MR) is 58.8 cm³/mol. The Labute approximate surface area is 81.8 Å². The van der Waals surface area contributed by atoms with Crippen LogP contribution in [0.15, 0.2) is 37.0 Å². The molecule has 74 valence electrons. The zero-order chi connectivity index (χ0) is 10.3. The maximum absolute atomic E-state index is 5.70. The van der Waals surface area contributed by atoms with Crippen molar-refractivity contribution in [2.45, 2.75) is 32.8 Å². The molecule has 0 spiro atoms. The van der Waals surface area contributed by atoms with Crippen LogP contribution in [0.4, 0.5) is 0 Å². The Morgan fingerprint density at radius 2 is 2.00 bits per heavy atom. The third-order valence-corrected chi connectivity index (χ3v) is 2.08. The normalized spacial score (nSPS) is 12.7. The number of hydrogen-bond acceptors (Lipinski definition) is 1. The first-order chi connectivity index (χ1) is 6.05. The minimum Gasteiger partial charge on any atom is -0.371 e. The average Bonchev–Trinajstić information content (AvgIpc) is 2.12. The molecule has 0 saturated heterocycles. The van der Waals surface area contributed by atoms with Gasteiger partial charge in [-0.1, -0.05) is 38.3 Å². The number of hydrogen-bond donors (Lipinski definition) is 0. The molecule has 0 unspecified atom stereocenters. The topological polar surface area (TPSA) is 9.23 Å². The van der Waals surface area contributed by atoms with E-state index in [4.69, 9.17) is 4.74 Å². The Morgan fingerprint density at radius 1 is 1.38 bits per heavy atom. The van der Waals surface area contributed by atoms with Crippen molar-refractivity contribution in [2.24, 2.45) is 0 Å². The van der Waals surface area contributed by atoms with Gasteiger partial charge in [-0.3, -0.25) is 0 Å². The van der Waals surface area contributed by atoms with Gasteiger partial charge < -0.3 is 4.74 Å². The lowest BCUT2D eigenvalue weighted by Crippen LogP contribution is -2.23. The smallest absolute Gasteiger partial charge is 0.0723 e. The van der Waals surface area contributed by atoms with E-state index < -0.39 is 0 Å². The Bertz CT molecular complexity index is 199. The van der Waals surface area contributed by atoms with Gasteiger partial charge in [0.1, 0.15) is 0 Å². The van der Waals surface area contributed by atoms with Gasteiger partial charge in [0.05, 0.1) is 12.2 Å². The molecule has 0 aliphatic rings. The highest BCUT2D eigenvalue weighted by molar-refractivity contribution is 5.21. The molecule has 0 amide bonds. The van der Waals surface area contributed by atoms with Gasteiger partial charge in [-0.05, 0) is 25.8 Å². The molecule has 0 rings (SSSR count). The molecular formula is C12H20O. The summed E-state index contributed by atoms with van der Waals surface area (Å²) >= 11 is 0. The molecule has 1 nitrogen and oxygen atoms in total. The van der Waals surface area contributed by atoms with Gasteiger partial charge in [-0.15, -0.1) is 0 Å². The van der Waals surface area contributed by atoms with Gasteiger partial charge >= 0.3 is 0 Å². The molecule has 0 saturated carbocycles. The van der Waals surface area contributed by atoms with Gasteiger partial charge in [-0.25, -0.2) is 0 Å². The zero-order valence-electron chi connectivity index (χ0n) is 8.97. The standard InChI is InChI=1S/C12H20O/c1-6-9-11(7-2)10-13-12(4,5)8-3/h6-7,9H,1-2,8,10H2,3-5H3/b11-9+. The first-order valence-electron chi connectivity index (χ1n) is 4.63. The molecule has 0 radical (unpaired) electrons. The van der Waals surface area contributed by atoms with Crippen molar-refractivity contribution >= 4 is 0 Å². The van der Waals surface area contributed by atoms with Crippen LogP contribution in [-0.2, 0) is 4.74 Å². The summed E-state index contributed by atoms with van der Waals surface area (Å²) in [6.45, 7) is 14.2. The summed E-state index contributed by atoms with van der Waals surface area (Å²) < 4.78 is 5.70. The summed E-state index contributed by atoms with van der Waals surface area (Å²) in [6, 6.07) is 0. The minimum absolute atomic E-state index is 0.0523. The molecule has 0 N–H and O–H groups in total. The summed E-state index contributed by atoms with van der Waals surface area (Å²) in [5.74, 6) is 0. The quantitative estimate of drug-likeness (QED) is 0.568. The van der Waals surface area contributed by atoms with Crippen LogP contribution in [0.2, 0.25) is 0 Å². The lowest BCUT2D eigenvalue weighted by Gasteiger charge is -2.23. The van der Waals surface area contributed by atoms with E-state index in [1.54, 1.807) is 12.2 Å². The summed E-state index contributed by atoms with van der Waals surface area (Å²) in [6.07, 6.45) is 6.47. The van der Waals surface area contributed by atoms with E-state index >= 15 is 0 Å². The fourth-order valence-electron chi connectivity index (χ4n) is 0.707. The fraction of sp³-hybridized carbons (Fsp3) is 0.500. The van der Waals surface area contributed by atoms with Crippen molar-refractivity contribution < 1.29 is 4.74 Å². The SMILES string of the molecule is C=C/C=C(\C=C)COC(C)(C)CC. The van der Waals surface area contributed by atoms with Crippen LogP contribution < -0.4 is 0 Å². The average molecular weight is 180 g/mol. The van der Waals surface area contributed by atoms with Gasteiger partial charge in [0.15, 0.2) is 0 Å². The second-order valence-electron chi connectivity index (χ2n) is 3.58. The first-order valence-corrected chi connectivity index (χ1v) is 4.63. The number of rotatable bonds is 6. The van der Waals surface area contributed by atoms with E-state index in [9.17, 15) is 0 Å². The zero-order valence-corrected chi connectivity index (χ0v) is 8.97. The first kappa shape index (κ1) is 12.2. The van der Waals surface area contributed by atoms with Gasteiger partial charge in [-0.2, -0.15) is 0 Å². The predicted octanol–water partition coefficient (Wildman–Crippen LogP) is 3.49. The van der Waals surface area contributed by atoms with Crippen molar-refractivity contribution in [2.75, 3.05) is 6.61 Å². The molecule has 13 heavy (non-hydrogen) atoms. The molecule has 0 fully saturated rings. The van der Waals surface area contributed by atoms with E-state index in [-0.39, 0.29) is 5.60 Å². The lowest BCUT2D eigenvalue weighted by molar-refractivity contribution is -0.00597. The Hall–Kier alpha value is -0.820. The van der Waals surface area contributed by atoms with Crippen molar-refractivity contribution in [3.05, 3.63) is 37.0 Å². The van der Waals surface area contributed by atoms with Crippen LogP contribution in [0.25, 0.3) is 0 Å². The van der Waals surface area contributed by atoms with Crippen molar-refractivity contribution in [3.8, 4) is 0 Å². The van der Waals surface area contributed by atoms with Gasteiger partial charge in [0.2, 0.25) is 0 Å². The molecule has 0 heterocycles. The van der Waals surface area contributed by atoms with E-state index in [1.807, 2.05) is 6.08 Å². The van der Waals surface area contributed by atoms with E-state index in [1.165, 1.54) is 0 Å². The molecule has 0 aromatic rings. The Kier molecular flexibility index (Phi) is 5.40. The lowest BCUT2D eigenvalue weighted by atomic mass is 10.1. The molecule has 1 heteroatoms. The Balaban J connectivity index is 4.06. The van der Waals surface area contributed by atoms with E-state index in [0.717, 1.165) is 12.0 Å². The van der Waals surface area contributed by atoms with Crippen LogP contribution >= 0.6 is 0 Å². The number of allylic oxidation sites excluding steroid dienone is 2. The van der Waals surface area contributed by atoms with Crippen molar-refractivity contribution in [3.63, 3.8) is 0 Å². The Morgan fingerprint density at radius 3 is 2.38 bits per heavy atom. The van der Waals surface area contributed by atoms with Gasteiger partial charge in [0.25, 0.3) is 0 Å². The van der Waals surface area contributed by atoms with E-state index in [2.05, 4.69) is 33.9 Å². The molecule has 0 aliphatic heterocycles. The molecule has 0 aliphatic carbocycles. The van der Waals surface area contributed by atoms with E-state index in [0.29, 0.717) is 6.61 Å². The molecule has 0 atom stereocenters. The van der Waals surface area contributed by atoms with Crippen LogP contribution in [0.1, 0.15) is 27.2 Å².